The molecule has 3 rings (SSSR count). The van der Waals surface area contributed by atoms with Crippen LogP contribution >= 0.6 is 0 Å². The summed E-state index contributed by atoms with van der Waals surface area (Å²) in [6, 6.07) is 23.2. The normalized spacial score (nSPS) is 15.1. The van der Waals surface area contributed by atoms with Gasteiger partial charge in [0.1, 0.15) is 55.4 Å². The van der Waals surface area contributed by atoms with Crippen LogP contribution in [0.25, 0.3) is 0 Å². The molecular formula is C48H76N2O12. The lowest BCUT2D eigenvalue weighted by molar-refractivity contribution is -0.0716. The molecular weight excluding hydrogens is 797 g/mol. The first-order valence-corrected chi connectivity index (χ1v) is 21.9. The van der Waals surface area contributed by atoms with Gasteiger partial charge in [-0.15, -0.1) is 0 Å². The van der Waals surface area contributed by atoms with Crippen molar-refractivity contribution < 1.29 is 58.0 Å². The van der Waals surface area contributed by atoms with Crippen molar-refractivity contribution in [1.82, 2.24) is 10.2 Å². The highest BCUT2D eigenvalue weighted by Crippen LogP contribution is 2.17. The fraction of sp³-hybridized carbons (Fsp3) is 0.625. The lowest BCUT2D eigenvalue weighted by Gasteiger charge is -2.33. The Morgan fingerprint density at radius 1 is 0.484 bits per heavy atom. The van der Waals surface area contributed by atoms with Gasteiger partial charge in [0.05, 0.1) is 58.5 Å². The third-order valence-corrected chi connectivity index (χ3v) is 10.1. The lowest BCUT2D eigenvalue weighted by atomic mass is 10.1. The van der Waals surface area contributed by atoms with E-state index in [4.69, 9.17) is 42.6 Å². The van der Waals surface area contributed by atoms with Crippen molar-refractivity contribution in [3.63, 3.8) is 0 Å². The van der Waals surface area contributed by atoms with E-state index >= 15 is 0 Å². The zero-order chi connectivity index (χ0) is 45.0. The van der Waals surface area contributed by atoms with Gasteiger partial charge < -0.3 is 63.3 Å². The van der Waals surface area contributed by atoms with Gasteiger partial charge in [0.25, 0.3) is 0 Å². The largest absolute Gasteiger partial charge is 0.491 e. The second kappa shape index (κ2) is 31.5. The molecule has 0 bridgehead atoms. The predicted molar refractivity (Wildman–Crippen MR) is 241 cm³/mol. The van der Waals surface area contributed by atoms with Crippen LogP contribution in [0.2, 0.25) is 0 Å². The summed E-state index contributed by atoms with van der Waals surface area (Å²) in [7, 11) is 5.05. The smallest absolute Gasteiger partial charge is 0.119 e. The Kier molecular flexibility index (Phi) is 26.9. The van der Waals surface area contributed by atoms with Gasteiger partial charge >= 0.3 is 0 Å². The van der Waals surface area contributed by atoms with E-state index in [1.54, 1.807) is 21.3 Å². The van der Waals surface area contributed by atoms with Gasteiger partial charge in [0, 0.05) is 53.0 Å². The molecule has 3 aromatic rings. The molecule has 0 radical (unpaired) electrons. The van der Waals surface area contributed by atoms with Gasteiger partial charge in [-0.05, 0) is 100 Å². The van der Waals surface area contributed by atoms with Crippen LogP contribution in [0.1, 0.15) is 44.4 Å². The summed E-state index contributed by atoms with van der Waals surface area (Å²) >= 11 is 0. The number of ether oxygens (including phenoxy) is 9. The van der Waals surface area contributed by atoms with Crippen LogP contribution in [0.5, 0.6) is 17.2 Å². The van der Waals surface area contributed by atoms with E-state index in [1.165, 1.54) is 5.56 Å². The standard InChI is InChI=1S/C48H76N2O12/c1-36(49-26-43(51)33-60-46-14-8-40(9-15-46)20-23-54-5)29-57-31-38(3)59-32-39(4)58-30-37(2)50(27-44(52)34-61-47-16-10-41(11-17-47)21-24-55-6)28-45(53)35-62-48-18-12-42(13-19-48)22-25-56-7/h8-19,36-39,43-45,49,51-53H,20-35H2,1-7H3. The van der Waals surface area contributed by atoms with Crippen LogP contribution in [0.15, 0.2) is 72.8 Å². The molecule has 0 aliphatic rings. The number of hydrogen-bond acceptors (Lipinski definition) is 14. The molecule has 0 heterocycles. The van der Waals surface area contributed by atoms with Crippen LogP contribution in [-0.2, 0) is 47.7 Å². The minimum absolute atomic E-state index is 0.0225. The number of aliphatic hydroxyl groups is 3. The Labute approximate surface area is 370 Å². The summed E-state index contributed by atoms with van der Waals surface area (Å²) < 4.78 is 51.2. The first kappa shape index (κ1) is 53.0. The number of methoxy groups -OCH3 is 3. The van der Waals surface area contributed by atoms with Crippen LogP contribution in [0.4, 0.5) is 0 Å². The highest BCUT2D eigenvalue weighted by molar-refractivity contribution is 5.29. The summed E-state index contributed by atoms with van der Waals surface area (Å²) in [5.41, 5.74) is 3.46. The second-order valence-electron chi connectivity index (χ2n) is 16.0. The molecule has 0 amide bonds. The molecule has 7 atom stereocenters. The van der Waals surface area contributed by atoms with E-state index in [1.807, 2.05) is 105 Å². The number of aliphatic hydroxyl groups excluding tert-OH is 3. The highest BCUT2D eigenvalue weighted by atomic mass is 16.6. The summed E-state index contributed by atoms with van der Waals surface area (Å²) in [6.07, 6.45) is -0.201. The van der Waals surface area contributed by atoms with E-state index in [9.17, 15) is 15.3 Å². The molecule has 0 saturated carbocycles. The van der Waals surface area contributed by atoms with E-state index in [2.05, 4.69) is 5.32 Å². The average Bonchev–Trinajstić information content (AvgIpc) is 3.28. The molecule has 62 heavy (non-hydrogen) atoms. The van der Waals surface area contributed by atoms with Crippen molar-refractivity contribution in [1.29, 1.82) is 0 Å². The fourth-order valence-corrected chi connectivity index (χ4v) is 6.25. The summed E-state index contributed by atoms with van der Waals surface area (Å²) in [5.74, 6) is 2.06. The van der Waals surface area contributed by atoms with E-state index in [-0.39, 0.29) is 57.2 Å². The Bertz CT molecular complexity index is 1470. The van der Waals surface area contributed by atoms with Crippen LogP contribution in [-0.4, -0.2) is 170 Å². The Hall–Kier alpha value is -3.38. The predicted octanol–water partition coefficient (Wildman–Crippen LogP) is 4.37. The van der Waals surface area contributed by atoms with Crippen LogP contribution in [0, 0.1) is 0 Å². The first-order chi connectivity index (χ1) is 30.0. The number of hydrogen-bond donors (Lipinski definition) is 4. The van der Waals surface area contributed by atoms with Gasteiger partial charge in [-0.1, -0.05) is 36.4 Å². The Morgan fingerprint density at radius 2 is 0.871 bits per heavy atom. The summed E-state index contributed by atoms with van der Waals surface area (Å²) in [6.45, 7) is 12.7. The maximum Gasteiger partial charge on any atom is 0.119 e. The molecule has 0 saturated heterocycles. The fourth-order valence-electron chi connectivity index (χ4n) is 6.25. The van der Waals surface area contributed by atoms with Gasteiger partial charge in [-0.3, -0.25) is 4.90 Å². The zero-order valence-corrected chi connectivity index (χ0v) is 38.2. The van der Waals surface area contributed by atoms with Gasteiger partial charge in [0.2, 0.25) is 0 Å². The second-order valence-corrected chi connectivity index (χ2v) is 16.0. The van der Waals surface area contributed by atoms with Crippen molar-refractivity contribution in [2.24, 2.45) is 0 Å². The Balaban J connectivity index is 1.38. The molecule has 7 unspecified atom stereocenters. The molecule has 0 aliphatic carbocycles. The first-order valence-electron chi connectivity index (χ1n) is 21.9. The minimum atomic E-state index is -0.822. The van der Waals surface area contributed by atoms with Crippen molar-refractivity contribution >= 4 is 0 Å². The molecule has 4 N–H and O–H groups in total. The van der Waals surface area contributed by atoms with Gasteiger partial charge in [-0.2, -0.15) is 0 Å². The van der Waals surface area contributed by atoms with E-state index in [0.717, 1.165) is 30.4 Å². The van der Waals surface area contributed by atoms with E-state index in [0.29, 0.717) is 70.0 Å². The topological polar surface area (TPSA) is 159 Å². The molecule has 0 aromatic heterocycles. The molecule has 0 spiro atoms. The summed E-state index contributed by atoms with van der Waals surface area (Å²) in [4.78, 5) is 2.00. The number of nitrogens with one attached hydrogen (secondary N) is 1. The Morgan fingerprint density at radius 3 is 1.29 bits per heavy atom. The molecule has 0 aliphatic heterocycles. The summed E-state index contributed by atoms with van der Waals surface area (Å²) in [5, 5.41) is 35.9. The molecule has 14 heteroatoms. The maximum absolute atomic E-state index is 11.1. The SMILES string of the molecule is COCCc1ccc(OCC(O)CNC(C)COCC(C)OCC(C)OCC(C)N(CC(O)COc2ccc(CCOC)cc2)CC(O)COc2ccc(CCOC)cc2)cc1. The quantitative estimate of drug-likeness (QED) is 0.0653. The number of rotatable bonds is 36. The third-order valence-electron chi connectivity index (χ3n) is 10.1. The molecule has 0 fully saturated rings. The van der Waals surface area contributed by atoms with Crippen LogP contribution < -0.4 is 19.5 Å². The van der Waals surface area contributed by atoms with Crippen molar-refractivity contribution in [2.45, 2.75) is 89.6 Å². The minimum Gasteiger partial charge on any atom is -0.491 e. The van der Waals surface area contributed by atoms with Crippen molar-refractivity contribution in [2.75, 3.05) is 107 Å². The van der Waals surface area contributed by atoms with E-state index < -0.39 is 18.3 Å². The van der Waals surface area contributed by atoms with Gasteiger partial charge in [-0.25, -0.2) is 0 Å². The van der Waals surface area contributed by atoms with Crippen LogP contribution in [0.3, 0.4) is 0 Å². The monoisotopic (exact) mass is 873 g/mol. The van der Waals surface area contributed by atoms with Gasteiger partial charge in [0.15, 0.2) is 0 Å². The highest BCUT2D eigenvalue weighted by Gasteiger charge is 2.23. The molecule has 14 nitrogen and oxygen atoms in total. The number of nitrogens with zero attached hydrogens (tertiary/aromatic N) is 1. The molecule has 3 aromatic carbocycles. The maximum atomic E-state index is 11.1. The third kappa shape index (κ3) is 23.3. The lowest BCUT2D eigenvalue weighted by Crippen LogP contribution is -2.47. The number of benzene rings is 3. The molecule has 350 valence electrons. The van der Waals surface area contributed by atoms with Crippen molar-refractivity contribution in [3.8, 4) is 17.2 Å². The van der Waals surface area contributed by atoms with Crippen molar-refractivity contribution in [3.05, 3.63) is 89.5 Å². The average molecular weight is 873 g/mol. The zero-order valence-electron chi connectivity index (χ0n) is 38.2.